The van der Waals surface area contributed by atoms with Gasteiger partial charge in [-0.25, -0.2) is 0 Å². The average Bonchev–Trinajstić information content (AvgIpc) is 2.92. The van der Waals surface area contributed by atoms with Crippen LogP contribution in [0.1, 0.15) is 155 Å². The van der Waals surface area contributed by atoms with Crippen molar-refractivity contribution in [2.75, 3.05) is 13.2 Å². The predicted octanol–water partition coefficient (Wildman–Crippen LogP) is 9.17. The van der Waals surface area contributed by atoms with Gasteiger partial charge in [-0.05, 0) is 44.9 Å². The molecular weight excluding hydrogens is 476 g/mol. The molecule has 0 radical (unpaired) electrons. The highest BCUT2D eigenvalue weighted by Gasteiger charge is 2.16. The van der Waals surface area contributed by atoms with Crippen LogP contribution in [0.3, 0.4) is 0 Å². The fourth-order valence-electron chi connectivity index (χ4n) is 4.29. The molecule has 0 amide bonds. The number of ether oxygens (including phenoxy) is 2. The van der Waals surface area contributed by atoms with Crippen molar-refractivity contribution in [2.24, 2.45) is 0 Å². The van der Waals surface area contributed by atoms with E-state index in [1.54, 1.807) is 0 Å². The summed E-state index contributed by atoms with van der Waals surface area (Å²) in [5.74, 6) is -0.610. The molecule has 38 heavy (non-hydrogen) atoms. The van der Waals surface area contributed by atoms with Crippen LogP contribution < -0.4 is 0 Å². The molecule has 1 atom stereocenters. The van der Waals surface area contributed by atoms with E-state index in [0.717, 1.165) is 51.4 Å². The number of hydrogen-bond acceptors (Lipinski definition) is 5. The zero-order valence-electron chi connectivity index (χ0n) is 24.9. The predicted molar refractivity (Wildman–Crippen MR) is 159 cm³/mol. The van der Waals surface area contributed by atoms with Crippen molar-refractivity contribution < 1.29 is 24.2 Å². The van der Waals surface area contributed by atoms with Crippen molar-refractivity contribution in [3.05, 3.63) is 24.3 Å². The van der Waals surface area contributed by atoms with Crippen LogP contribution in [0.15, 0.2) is 24.3 Å². The zero-order chi connectivity index (χ0) is 27.9. The summed E-state index contributed by atoms with van der Waals surface area (Å²) in [6, 6.07) is 0. The summed E-state index contributed by atoms with van der Waals surface area (Å²) in [5, 5.41) is 9.46. The highest BCUT2D eigenvalue weighted by atomic mass is 16.6. The molecule has 0 aliphatic carbocycles. The Labute approximate surface area is 234 Å². The highest BCUT2D eigenvalue weighted by molar-refractivity contribution is 5.70. The van der Waals surface area contributed by atoms with Crippen molar-refractivity contribution in [1.82, 2.24) is 0 Å². The van der Waals surface area contributed by atoms with Crippen LogP contribution in [0.5, 0.6) is 0 Å². The monoisotopic (exact) mass is 536 g/mol. The van der Waals surface area contributed by atoms with Gasteiger partial charge in [0.25, 0.3) is 0 Å². The van der Waals surface area contributed by atoms with E-state index in [0.29, 0.717) is 12.8 Å². The average molecular weight is 537 g/mol. The molecule has 0 heterocycles. The molecule has 0 bridgehead atoms. The molecule has 0 rings (SSSR count). The molecule has 5 nitrogen and oxygen atoms in total. The normalized spacial score (nSPS) is 12.4. The van der Waals surface area contributed by atoms with E-state index in [-0.39, 0.29) is 25.2 Å². The van der Waals surface area contributed by atoms with Gasteiger partial charge in [0.05, 0.1) is 6.61 Å². The molecule has 0 saturated carbocycles. The maximum absolute atomic E-state index is 12.0. The van der Waals surface area contributed by atoms with Crippen molar-refractivity contribution in [1.29, 1.82) is 0 Å². The Morgan fingerprint density at radius 2 is 1.05 bits per heavy atom. The number of rotatable bonds is 28. The first kappa shape index (κ1) is 36.4. The third kappa shape index (κ3) is 27.4. The topological polar surface area (TPSA) is 72.8 Å². The van der Waals surface area contributed by atoms with Crippen LogP contribution in [0, 0.1) is 0 Å². The Hall–Kier alpha value is -1.62. The van der Waals surface area contributed by atoms with Gasteiger partial charge in [-0.15, -0.1) is 0 Å². The Bertz CT molecular complexity index is 584. The lowest BCUT2D eigenvalue weighted by Crippen LogP contribution is -2.28. The minimum Gasteiger partial charge on any atom is -0.462 e. The molecule has 0 unspecified atom stereocenters. The number of carbonyl (C=O) groups is 2. The van der Waals surface area contributed by atoms with E-state index < -0.39 is 6.10 Å². The zero-order valence-corrected chi connectivity index (χ0v) is 24.9. The fourth-order valence-corrected chi connectivity index (χ4v) is 4.29. The van der Waals surface area contributed by atoms with E-state index in [4.69, 9.17) is 9.47 Å². The Kier molecular flexibility index (Phi) is 28.7. The van der Waals surface area contributed by atoms with Gasteiger partial charge >= 0.3 is 11.9 Å². The van der Waals surface area contributed by atoms with E-state index in [1.165, 1.54) is 77.0 Å². The van der Waals surface area contributed by atoms with Crippen LogP contribution >= 0.6 is 0 Å². The first-order valence-electron chi connectivity index (χ1n) is 15.9. The van der Waals surface area contributed by atoms with E-state index in [1.807, 2.05) is 0 Å². The summed E-state index contributed by atoms with van der Waals surface area (Å²) in [4.78, 5) is 24.0. The second-order valence-corrected chi connectivity index (χ2v) is 10.5. The molecule has 5 heteroatoms. The summed E-state index contributed by atoms with van der Waals surface area (Å²) in [6.45, 7) is 4.06. The van der Waals surface area contributed by atoms with Gasteiger partial charge in [0.1, 0.15) is 6.61 Å². The largest absolute Gasteiger partial charge is 0.462 e. The molecule has 0 aliphatic heterocycles. The molecule has 0 saturated heterocycles. The number of hydrogen-bond donors (Lipinski definition) is 1. The maximum Gasteiger partial charge on any atom is 0.306 e. The van der Waals surface area contributed by atoms with Gasteiger partial charge in [0.15, 0.2) is 6.10 Å². The summed E-state index contributed by atoms with van der Waals surface area (Å²) in [6.07, 6.45) is 32.3. The van der Waals surface area contributed by atoms with Crippen molar-refractivity contribution in [2.45, 2.75) is 161 Å². The lowest BCUT2D eigenvalue weighted by atomic mass is 10.1. The van der Waals surface area contributed by atoms with Gasteiger partial charge in [-0.2, -0.15) is 0 Å². The third-order valence-corrected chi connectivity index (χ3v) is 6.75. The Balaban J connectivity index is 3.61. The second kappa shape index (κ2) is 29.9. The molecule has 0 spiro atoms. The fraction of sp³-hybridized carbons (Fsp3) is 0.818. The molecule has 0 aromatic heterocycles. The van der Waals surface area contributed by atoms with Gasteiger partial charge < -0.3 is 14.6 Å². The van der Waals surface area contributed by atoms with Gasteiger partial charge in [0, 0.05) is 12.8 Å². The molecule has 0 aromatic carbocycles. The molecule has 222 valence electrons. The highest BCUT2D eigenvalue weighted by Crippen LogP contribution is 2.12. The molecule has 0 fully saturated rings. The van der Waals surface area contributed by atoms with E-state index in [2.05, 4.69) is 38.2 Å². The Morgan fingerprint density at radius 3 is 1.61 bits per heavy atom. The second-order valence-electron chi connectivity index (χ2n) is 10.5. The van der Waals surface area contributed by atoms with Crippen molar-refractivity contribution >= 4 is 11.9 Å². The van der Waals surface area contributed by atoms with Crippen LogP contribution in [0.4, 0.5) is 0 Å². The molecule has 1 N–H and O–H groups in total. The molecule has 0 aliphatic rings. The smallest absolute Gasteiger partial charge is 0.306 e. The maximum atomic E-state index is 12.0. The summed E-state index contributed by atoms with van der Waals surface area (Å²) in [5.41, 5.74) is 0. The summed E-state index contributed by atoms with van der Waals surface area (Å²) >= 11 is 0. The summed E-state index contributed by atoms with van der Waals surface area (Å²) in [7, 11) is 0. The van der Waals surface area contributed by atoms with Gasteiger partial charge in [-0.1, -0.05) is 122 Å². The minimum atomic E-state index is -0.769. The number of unbranched alkanes of at least 4 members (excludes halogenated alkanes) is 16. The minimum absolute atomic E-state index is 0.0703. The number of allylic oxidation sites excluding steroid dienone is 4. The number of aliphatic hydroxyl groups excluding tert-OH is 1. The van der Waals surface area contributed by atoms with Crippen LogP contribution in [-0.2, 0) is 19.1 Å². The van der Waals surface area contributed by atoms with Crippen molar-refractivity contribution in [3.8, 4) is 0 Å². The number of aliphatic hydroxyl groups is 1. The quantitative estimate of drug-likeness (QED) is 0.0613. The van der Waals surface area contributed by atoms with Crippen LogP contribution in [0.25, 0.3) is 0 Å². The first-order chi connectivity index (χ1) is 18.6. The Morgan fingerprint density at radius 1 is 0.605 bits per heavy atom. The van der Waals surface area contributed by atoms with Crippen molar-refractivity contribution in [3.63, 3.8) is 0 Å². The van der Waals surface area contributed by atoms with Crippen LogP contribution in [0.2, 0.25) is 0 Å². The third-order valence-electron chi connectivity index (χ3n) is 6.75. The lowest BCUT2D eigenvalue weighted by molar-refractivity contribution is -0.161. The number of carbonyl (C=O) groups excluding carboxylic acids is 2. The van der Waals surface area contributed by atoms with E-state index in [9.17, 15) is 14.7 Å². The molecular formula is C33H60O5. The first-order valence-corrected chi connectivity index (χ1v) is 15.9. The SMILES string of the molecule is CCCCC/C=C/C/C=C/CCCCCCCC(=O)OC[C@H](CO)OC(=O)CCCCCCCCCCC. The molecule has 0 aromatic rings. The number of esters is 2. The standard InChI is InChI=1S/C33H60O5/c1-3-5-7-9-11-13-14-15-16-17-18-20-21-23-25-27-32(35)37-30-31(29-34)38-33(36)28-26-24-22-19-12-10-8-6-4-2/h11,13,15-16,31,34H,3-10,12,14,17-30H2,1-2H3/b13-11+,16-15+/t31-/m0/s1. The lowest BCUT2D eigenvalue weighted by Gasteiger charge is -2.15. The van der Waals surface area contributed by atoms with E-state index >= 15 is 0 Å². The van der Waals surface area contributed by atoms with Gasteiger partial charge in [-0.3, -0.25) is 9.59 Å². The van der Waals surface area contributed by atoms with Gasteiger partial charge in [0.2, 0.25) is 0 Å². The van der Waals surface area contributed by atoms with Crippen LogP contribution in [-0.4, -0.2) is 36.4 Å². The summed E-state index contributed by atoms with van der Waals surface area (Å²) < 4.78 is 10.5.